The maximum Gasteiger partial charge on any atom is 0.00106 e. The minimum absolute atomic E-state index is 0.504. The van der Waals surface area contributed by atoms with Crippen molar-refractivity contribution in [1.82, 2.24) is 5.32 Å². The van der Waals surface area contributed by atoms with Crippen LogP contribution in [0.15, 0.2) is 0 Å². The van der Waals surface area contributed by atoms with Crippen LogP contribution in [-0.4, -0.2) is 12.6 Å². The Kier molecular flexibility index (Phi) is 5.70. The quantitative estimate of drug-likeness (QED) is 0.726. The molecule has 0 aromatic carbocycles. The molecule has 1 aliphatic carbocycles. The van der Waals surface area contributed by atoms with Crippen molar-refractivity contribution in [3.05, 3.63) is 0 Å². The molecule has 0 amide bonds. The maximum absolute atomic E-state index is 3.69. The van der Waals surface area contributed by atoms with Crippen molar-refractivity contribution in [2.24, 2.45) is 16.7 Å². The molecule has 108 valence electrons. The Hall–Kier alpha value is -0.0400. The SMILES string of the molecule is CCCC1(CNC(C)C)CCC(C(C)(C)C)CC1. The fraction of sp³-hybridized carbons (Fsp3) is 1.00. The Morgan fingerprint density at radius 1 is 1.17 bits per heavy atom. The van der Waals surface area contributed by atoms with Gasteiger partial charge in [-0.3, -0.25) is 0 Å². The molecule has 1 rings (SSSR count). The largest absolute Gasteiger partial charge is 0.314 e. The van der Waals surface area contributed by atoms with Crippen molar-refractivity contribution < 1.29 is 0 Å². The lowest BCUT2D eigenvalue weighted by molar-refractivity contribution is 0.0775. The van der Waals surface area contributed by atoms with Gasteiger partial charge in [-0.2, -0.15) is 0 Å². The van der Waals surface area contributed by atoms with Gasteiger partial charge < -0.3 is 5.32 Å². The van der Waals surface area contributed by atoms with E-state index in [-0.39, 0.29) is 0 Å². The number of hydrogen-bond donors (Lipinski definition) is 1. The molecule has 1 saturated carbocycles. The summed E-state index contributed by atoms with van der Waals surface area (Å²) in [6, 6.07) is 0.624. The Bertz CT molecular complexity index is 228. The second-order valence-electron chi connectivity index (χ2n) is 7.93. The Morgan fingerprint density at radius 3 is 2.11 bits per heavy atom. The molecule has 0 atom stereocenters. The summed E-state index contributed by atoms with van der Waals surface area (Å²) in [5, 5.41) is 3.69. The highest BCUT2D eigenvalue weighted by atomic mass is 14.9. The highest BCUT2D eigenvalue weighted by Crippen LogP contribution is 2.47. The molecule has 1 heteroatoms. The molecule has 0 aromatic rings. The molecule has 1 N–H and O–H groups in total. The van der Waals surface area contributed by atoms with Crippen LogP contribution in [0.4, 0.5) is 0 Å². The second kappa shape index (κ2) is 6.41. The Morgan fingerprint density at radius 2 is 1.72 bits per heavy atom. The maximum atomic E-state index is 3.69. The first-order chi connectivity index (χ1) is 8.29. The third-order valence-corrected chi connectivity index (χ3v) is 4.94. The smallest absolute Gasteiger partial charge is 0.00106 e. The van der Waals surface area contributed by atoms with E-state index in [9.17, 15) is 0 Å². The van der Waals surface area contributed by atoms with E-state index in [0.29, 0.717) is 16.9 Å². The molecule has 0 aromatic heterocycles. The van der Waals surface area contributed by atoms with E-state index in [1.54, 1.807) is 0 Å². The number of nitrogens with one attached hydrogen (secondary N) is 1. The van der Waals surface area contributed by atoms with Crippen LogP contribution in [0, 0.1) is 16.7 Å². The molecule has 1 nitrogen and oxygen atoms in total. The van der Waals surface area contributed by atoms with E-state index in [1.807, 2.05) is 0 Å². The zero-order valence-electron chi connectivity index (χ0n) is 13.6. The van der Waals surface area contributed by atoms with E-state index in [4.69, 9.17) is 0 Å². The fourth-order valence-corrected chi connectivity index (χ4v) is 3.56. The monoisotopic (exact) mass is 253 g/mol. The van der Waals surface area contributed by atoms with Crippen LogP contribution in [0.3, 0.4) is 0 Å². The molecule has 18 heavy (non-hydrogen) atoms. The molecule has 0 heterocycles. The van der Waals surface area contributed by atoms with Crippen molar-refractivity contribution in [3.8, 4) is 0 Å². The molecule has 0 unspecified atom stereocenters. The van der Waals surface area contributed by atoms with Gasteiger partial charge in [0.1, 0.15) is 0 Å². The fourth-order valence-electron chi connectivity index (χ4n) is 3.56. The molecule has 1 aliphatic rings. The summed E-state index contributed by atoms with van der Waals surface area (Å²) in [5.74, 6) is 0.932. The van der Waals surface area contributed by atoms with E-state index in [2.05, 4.69) is 46.9 Å². The van der Waals surface area contributed by atoms with E-state index in [1.165, 1.54) is 45.1 Å². The minimum Gasteiger partial charge on any atom is -0.314 e. The van der Waals surface area contributed by atoms with Crippen LogP contribution < -0.4 is 5.32 Å². The van der Waals surface area contributed by atoms with Crippen LogP contribution in [0.2, 0.25) is 0 Å². The highest BCUT2D eigenvalue weighted by molar-refractivity contribution is 4.90. The summed E-state index contributed by atoms with van der Waals surface area (Å²) in [4.78, 5) is 0. The van der Waals surface area contributed by atoms with Crippen LogP contribution >= 0.6 is 0 Å². The average Bonchev–Trinajstić information content (AvgIpc) is 2.26. The van der Waals surface area contributed by atoms with Gasteiger partial charge in [0, 0.05) is 12.6 Å². The van der Waals surface area contributed by atoms with Crippen LogP contribution in [0.1, 0.15) is 80.1 Å². The molecule has 1 fully saturated rings. The molecular weight excluding hydrogens is 218 g/mol. The highest BCUT2D eigenvalue weighted by Gasteiger charge is 2.37. The Balaban J connectivity index is 2.56. The van der Waals surface area contributed by atoms with E-state index in [0.717, 1.165) is 5.92 Å². The normalized spacial score (nSPS) is 29.8. The van der Waals surface area contributed by atoms with Gasteiger partial charge in [0.2, 0.25) is 0 Å². The number of rotatable bonds is 5. The van der Waals surface area contributed by atoms with Gasteiger partial charge in [-0.1, -0.05) is 48.0 Å². The van der Waals surface area contributed by atoms with E-state index >= 15 is 0 Å². The van der Waals surface area contributed by atoms with Crippen molar-refractivity contribution in [3.63, 3.8) is 0 Å². The standard InChI is InChI=1S/C17H35N/c1-7-10-17(13-18-14(2)3)11-8-15(9-12-17)16(4,5)6/h14-15,18H,7-13H2,1-6H3. The van der Waals surface area contributed by atoms with Crippen LogP contribution in [-0.2, 0) is 0 Å². The first-order valence-electron chi connectivity index (χ1n) is 8.02. The summed E-state index contributed by atoms with van der Waals surface area (Å²) < 4.78 is 0. The minimum atomic E-state index is 0.504. The molecule has 0 aliphatic heterocycles. The van der Waals surface area contributed by atoms with Crippen molar-refractivity contribution in [2.75, 3.05) is 6.54 Å². The summed E-state index contributed by atoms with van der Waals surface area (Å²) in [6.45, 7) is 15.3. The van der Waals surface area contributed by atoms with Gasteiger partial charge in [0.25, 0.3) is 0 Å². The zero-order chi connectivity index (χ0) is 13.8. The van der Waals surface area contributed by atoms with Crippen molar-refractivity contribution in [1.29, 1.82) is 0 Å². The van der Waals surface area contributed by atoms with Gasteiger partial charge >= 0.3 is 0 Å². The first kappa shape index (κ1) is 16.0. The third kappa shape index (κ3) is 4.57. The summed E-state index contributed by atoms with van der Waals surface area (Å²) in [6.07, 6.45) is 8.47. The summed E-state index contributed by atoms with van der Waals surface area (Å²) in [5.41, 5.74) is 1.10. The van der Waals surface area contributed by atoms with Gasteiger partial charge in [-0.05, 0) is 48.9 Å². The Labute approximate surface area is 115 Å². The third-order valence-electron chi connectivity index (χ3n) is 4.94. The van der Waals surface area contributed by atoms with Crippen molar-refractivity contribution >= 4 is 0 Å². The lowest BCUT2D eigenvalue weighted by Gasteiger charge is -2.44. The zero-order valence-corrected chi connectivity index (χ0v) is 13.6. The van der Waals surface area contributed by atoms with Crippen molar-refractivity contribution in [2.45, 2.75) is 86.1 Å². The predicted molar refractivity (Wildman–Crippen MR) is 81.9 cm³/mol. The first-order valence-corrected chi connectivity index (χ1v) is 8.02. The molecule has 0 spiro atoms. The summed E-state index contributed by atoms with van der Waals surface area (Å²) >= 11 is 0. The van der Waals surface area contributed by atoms with Crippen LogP contribution in [0.25, 0.3) is 0 Å². The van der Waals surface area contributed by atoms with Crippen LogP contribution in [0.5, 0.6) is 0 Å². The molecule has 0 bridgehead atoms. The van der Waals surface area contributed by atoms with Gasteiger partial charge in [-0.15, -0.1) is 0 Å². The van der Waals surface area contributed by atoms with E-state index < -0.39 is 0 Å². The molecule has 0 radical (unpaired) electrons. The average molecular weight is 253 g/mol. The summed E-state index contributed by atoms with van der Waals surface area (Å²) in [7, 11) is 0. The van der Waals surface area contributed by atoms with Gasteiger partial charge in [-0.25, -0.2) is 0 Å². The lowest BCUT2D eigenvalue weighted by Crippen LogP contribution is -2.41. The van der Waals surface area contributed by atoms with Gasteiger partial charge in [0.15, 0.2) is 0 Å². The molecule has 0 saturated heterocycles. The molecular formula is C17H35N. The lowest BCUT2D eigenvalue weighted by atomic mass is 9.62. The van der Waals surface area contributed by atoms with Gasteiger partial charge in [0.05, 0.1) is 0 Å². The second-order valence-corrected chi connectivity index (χ2v) is 7.93. The number of hydrogen-bond acceptors (Lipinski definition) is 1. The predicted octanol–water partition coefficient (Wildman–Crippen LogP) is 5.01. The topological polar surface area (TPSA) is 12.0 Å².